The molecule has 0 unspecified atom stereocenters. The quantitative estimate of drug-likeness (QED) is 0.584. The molecule has 0 amide bonds. The molecular formula is C18H14Cl2N2O4. The first kappa shape index (κ1) is 18.1. The molecule has 1 aromatic heterocycles. The van der Waals surface area contributed by atoms with E-state index in [0.29, 0.717) is 33.2 Å². The van der Waals surface area contributed by atoms with Crippen LogP contribution in [0.1, 0.15) is 16.1 Å². The lowest BCUT2D eigenvalue weighted by molar-refractivity contribution is -0.134. The first-order chi connectivity index (χ1) is 12.3. The van der Waals surface area contributed by atoms with E-state index in [4.69, 9.17) is 28.3 Å². The van der Waals surface area contributed by atoms with Crippen LogP contribution in [0, 0.1) is 0 Å². The van der Waals surface area contributed by atoms with Gasteiger partial charge in [-0.2, -0.15) is 0 Å². The SMILES string of the molecule is O=C(O)CNc1ccc2c(c1)cc(C(=O)O)n2Cc1ccc(Cl)c(Cl)c1. The third kappa shape index (κ3) is 3.76. The Hall–Kier alpha value is -2.70. The van der Waals surface area contributed by atoms with Crippen molar-refractivity contribution in [2.24, 2.45) is 0 Å². The molecular weight excluding hydrogens is 379 g/mol. The number of hydrogen-bond acceptors (Lipinski definition) is 3. The molecule has 0 fully saturated rings. The fourth-order valence-electron chi connectivity index (χ4n) is 2.73. The van der Waals surface area contributed by atoms with Crippen molar-refractivity contribution in [3.63, 3.8) is 0 Å². The molecule has 3 rings (SSSR count). The number of aromatic nitrogens is 1. The van der Waals surface area contributed by atoms with E-state index in [0.717, 1.165) is 5.56 Å². The number of nitrogens with zero attached hydrogens (tertiary/aromatic N) is 1. The lowest BCUT2D eigenvalue weighted by Crippen LogP contribution is -2.12. The minimum Gasteiger partial charge on any atom is -0.480 e. The average Bonchev–Trinajstić information content (AvgIpc) is 2.94. The van der Waals surface area contributed by atoms with E-state index in [9.17, 15) is 14.7 Å². The third-order valence-electron chi connectivity index (χ3n) is 3.89. The van der Waals surface area contributed by atoms with E-state index in [-0.39, 0.29) is 12.2 Å². The standard InChI is InChI=1S/C18H14Cl2N2O4/c19-13-3-1-10(5-14(13)20)9-22-15-4-2-12(21-8-17(23)24)6-11(15)7-16(22)18(25)26/h1-7,21H,8-9H2,(H,23,24)(H,25,26). The topological polar surface area (TPSA) is 91.6 Å². The summed E-state index contributed by atoms with van der Waals surface area (Å²) in [6.45, 7) is 0.0885. The Bertz CT molecular complexity index is 1010. The number of carboxylic acid groups (broad SMARTS) is 2. The highest BCUT2D eigenvalue weighted by atomic mass is 35.5. The smallest absolute Gasteiger partial charge is 0.352 e. The molecule has 134 valence electrons. The number of carboxylic acids is 2. The molecule has 0 aliphatic heterocycles. The zero-order valence-electron chi connectivity index (χ0n) is 13.4. The minimum absolute atomic E-state index is 0.126. The van der Waals surface area contributed by atoms with Crippen LogP contribution in [0.5, 0.6) is 0 Å². The summed E-state index contributed by atoms with van der Waals surface area (Å²) in [6, 6.07) is 11.9. The summed E-state index contributed by atoms with van der Waals surface area (Å²) in [5, 5.41) is 22.6. The van der Waals surface area contributed by atoms with Gasteiger partial charge in [0.15, 0.2) is 0 Å². The highest BCUT2D eigenvalue weighted by Gasteiger charge is 2.16. The second kappa shape index (κ2) is 7.27. The number of carbonyl (C=O) groups is 2. The Morgan fingerprint density at radius 2 is 1.77 bits per heavy atom. The van der Waals surface area contributed by atoms with Gasteiger partial charge in [-0.15, -0.1) is 0 Å². The normalized spacial score (nSPS) is 10.8. The van der Waals surface area contributed by atoms with Gasteiger partial charge >= 0.3 is 11.9 Å². The zero-order chi connectivity index (χ0) is 18.8. The first-order valence-corrected chi connectivity index (χ1v) is 8.37. The van der Waals surface area contributed by atoms with Crippen LogP contribution < -0.4 is 5.32 Å². The second-order valence-corrected chi connectivity index (χ2v) is 6.50. The van der Waals surface area contributed by atoms with Crippen LogP contribution in [0.15, 0.2) is 42.5 Å². The number of benzene rings is 2. The molecule has 6 nitrogen and oxygen atoms in total. The second-order valence-electron chi connectivity index (χ2n) is 5.69. The molecule has 0 saturated heterocycles. The summed E-state index contributed by atoms with van der Waals surface area (Å²) in [6.07, 6.45) is 0. The minimum atomic E-state index is -1.05. The monoisotopic (exact) mass is 392 g/mol. The molecule has 0 spiro atoms. The molecule has 0 bridgehead atoms. The van der Waals surface area contributed by atoms with Crippen molar-refractivity contribution in [2.45, 2.75) is 6.54 Å². The Morgan fingerprint density at radius 1 is 1.00 bits per heavy atom. The van der Waals surface area contributed by atoms with Crippen molar-refractivity contribution in [3.05, 3.63) is 63.8 Å². The molecule has 2 aromatic carbocycles. The molecule has 0 saturated carbocycles. The molecule has 3 aromatic rings. The van der Waals surface area contributed by atoms with Crippen LogP contribution in [-0.4, -0.2) is 33.3 Å². The van der Waals surface area contributed by atoms with Crippen molar-refractivity contribution >= 4 is 51.7 Å². The molecule has 26 heavy (non-hydrogen) atoms. The van der Waals surface area contributed by atoms with Crippen LogP contribution >= 0.6 is 23.2 Å². The molecule has 0 aliphatic rings. The third-order valence-corrected chi connectivity index (χ3v) is 4.63. The van der Waals surface area contributed by atoms with Gasteiger partial charge in [0, 0.05) is 23.1 Å². The number of rotatable bonds is 6. The van der Waals surface area contributed by atoms with E-state index in [2.05, 4.69) is 5.32 Å². The van der Waals surface area contributed by atoms with Crippen LogP contribution in [0.3, 0.4) is 0 Å². The molecule has 0 aliphatic carbocycles. The average molecular weight is 393 g/mol. The number of halogens is 2. The largest absolute Gasteiger partial charge is 0.480 e. The van der Waals surface area contributed by atoms with E-state index in [1.165, 1.54) is 0 Å². The zero-order valence-corrected chi connectivity index (χ0v) is 14.9. The predicted octanol–water partition coefficient (Wildman–Crippen LogP) is 4.19. The van der Waals surface area contributed by atoms with Gasteiger partial charge in [0.05, 0.1) is 10.0 Å². The maximum Gasteiger partial charge on any atom is 0.352 e. The highest BCUT2D eigenvalue weighted by Crippen LogP contribution is 2.27. The maximum atomic E-state index is 11.6. The molecule has 1 heterocycles. The number of nitrogens with one attached hydrogen (secondary N) is 1. The summed E-state index contributed by atoms with van der Waals surface area (Å²) in [5.41, 5.74) is 2.26. The molecule has 3 N–H and O–H groups in total. The Morgan fingerprint density at radius 3 is 2.42 bits per heavy atom. The summed E-state index contributed by atoms with van der Waals surface area (Å²) >= 11 is 12.0. The predicted molar refractivity (Wildman–Crippen MR) is 101 cm³/mol. The van der Waals surface area contributed by atoms with Gasteiger partial charge in [-0.05, 0) is 42.0 Å². The molecule has 0 radical (unpaired) electrons. The van der Waals surface area contributed by atoms with Crippen molar-refractivity contribution in [1.29, 1.82) is 0 Å². The van der Waals surface area contributed by atoms with Gasteiger partial charge in [-0.25, -0.2) is 4.79 Å². The lowest BCUT2D eigenvalue weighted by Gasteiger charge is -2.10. The van der Waals surface area contributed by atoms with Gasteiger partial charge in [0.2, 0.25) is 0 Å². The van der Waals surface area contributed by atoms with Crippen LogP contribution in [0.25, 0.3) is 10.9 Å². The number of aliphatic carboxylic acids is 1. The van der Waals surface area contributed by atoms with Crippen LogP contribution in [0.2, 0.25) is 10.0 Å². The van der Waals surface area contributed by atoms with Gasteiger partial charge in [-0.3, -0.25) is 4.79 Å². The Balaban J connectivity index is 2.02. The fourth-order valence-corrected chi connectivity index (χ4v) is 3.05. The van der Waals surface area contributed by atoms with E-state index in [1.54, 1.807) is 47.0 Å². The summed E-state index contributed by atoms with van der Waals surface area (Å²) in [4.78, 5) is 22.3. The number of hydrogen-bond donors (Lipinski definition) is 3. The van der Waals surface area contributed by atoms with Crippen molar-refractivity contribution < 1.29 is 19.8 Å². The van der Waals surface area contributed by atoms with Crippen LogP contribution in [-0.2, 0) is 11.3 Å². The van der Waals surface area contributed by atoms with Crippen molar-refractivity contribution in [2.75, 3.05) is 11.9 Å². The summed E-state index contributed by atoms with van der Waals surface area (Å²) < 4.78 is 1.66. The first-order valence-electron chi connectivity index (χ1n) is 7.61. The van der Waals surface area contributed by atoms with E-state index in [1.807, 2.05) is 0 Å². The highest BCUT2D eigenvalue weighted by molar-refractivity contribution is 6.42. The Kier molecular flexibility index (Phi) is 5.06. The van der Waals surface area contributed by atoms with Crippen molar-refractivity contribution in [3.8, 4) is 0 Å². The number of fused-ring (bicyclic) bond motifs is 1. The number of aromatic carboxylic acids is 1. The van der Waals surface area contributed by atoms with E-state index < -0.39 is 11.9 Å². The number of anilines is 1. The Labute approximate surface area is 158 Å². The summed E-state index contributed by atoms with van der Waals surface area (Å²) in [7, 11) is 0. The van der Waals surface area contributed by atoms with Crippen LogP contribution in [0.4, 0.5) is 5.69 Å². The van der Waals surface area contributed by atoms with Gasteiger partial charge in [0.1, 0.15) is 12.2 Å². The maximum absolute atomic E-state index is 11.6. The van der Waals surface area contributed by atoms with Gasteiger partial charge in [0.25, 0.3) is 0 Å². The molecule has 0 atom stereocenters. The van der Waals surface area contributed by atoms with Crippen molar-refractivity contribution in [1.82, 2.24) is 4.57 Å². The van der Waals surface area contributed by atoms with Gasteiger partial charge < -0.3 is 20.1 Å². The summed E-state index contributed by atoms with van der Waals surface area (Å²) in [5.74, 6) is -2.03. The lowest BCUT2D eigenvalue weighted by atomic mass is 10.2. The molecule has 8 heteroatoms. The fraction of sp³-hybridized carbons (Fsp3) is 0.111. The van der Waals surface area contributed by atoms with Gasteiger partial charge in [-0.1, -0.05) is 29.3 Å². The van der Waals surface area contributed by atoms with E-state index >= 15 is 0 Å².